The maximum atomic E-state index is 12.8. The number of rotatable bonds is 2. The van der Waals surface area contributed by atoms with Crippen LogP contribution in [-0.2, 0) is 0 Å². The molecular formula is C15H19ClN4OS. The van der Waals surface area contributed by atoms with Gasteiger partial charge in [-0.3, -0.25) is 9.89 Å². The van der Waals surface area contributed by atoms with E-state index < -0.39 is 0 Å². The summed E-state index contributed by atoms with van der Waals surface area (Å²) in [5.41, 5.74) is 1.46. The molecule has 2 bridgehead atoms. The average molecular weight is 339 g/mol. The maximum absolute atomic E-state index is 12.8. The van der Waals surface area contributed by atoms with Gasteiger partial charge in [0.25, 0.3) is 5.91 Å². The normalized spacial score (nSPS) is 23.9. The van der Waals surface area contributed by atoms with Crippen molar-refractivity contribution in [1.29, 1.82) is 0 Å². The van der Waals surface area contributed by atoms with Gasteiger partial charge in [-0.2, -0.15) is 5.10 Å². The number of hydrogen-bond donors (Lipinski definition) is 2. The highest BCUT2D eigenvalue weighted by Crippen LogP contribution is 2.30. The molecule has 0 aromatic carbocycles. The second-order valence-corrected chi connectivity index (χ2v) is 6.68. The van der Waals surface area contributed by atoms with Crippen molar-refractivity contribution in [2.24, 2.45) is 0 Å². The van der Waals surface area contributed by atoms with Gasteiger partial charge in [-0.25, -0.2) is 0 Å². The summed E-state index contributed by atoms with van der Waals surface area (Å²) in [7, 11) is 0. The van der Waals surface area contributed by atoms with Gasteiger partial charge >= 0.3 is 0 Å². The van der Waals surface area contributed by atoms with Crippen LogP contribution in [0.4, 0.5) is 0 Å². The molecule has 2 saturated heterocycles. The summed E-state index contributed by atoms with van der Waals surface area (Å²) in [5, 5.41) is 12.7. The Morgan fingerprint density at radius 3 is 3.00 bits per heavy atom. The summed E-state index contributed by atoms with van der Waals surface area (Å²) in [6.45, 7) is 1.91. The fourth-order valence-electron chi connectivity index (χ4n) is 3.44. The number of nitrogens with zero attached hydrogens (tertiary/aromatic N) is 2. The van der Waals surface area contributed by atoms with E-state index in [1.165, 1.54) is 0 Å². The summed E-state index contributed by atoms with van der Waals surface area (Å²) in [6, 6.07) is 6.62. The Labute approximate surface area is 139 Å². The highest BCUT2D eigenvalue weighted by atomic mass is 35.5. The fraction of sp³-hybridized carbons (Fsp3) is 0.467. The zero-order valence-corrected chi connectivity index (χ0v) is 13.8. The molecule has 1 amide bonds. The van der Waals surface area contributed by atoms with E-state index in [2.05, 4.69) is 20.4 Å². The highest BCUT2D eigenvalue weighted by Gasteiger charge is 2.39. The van der Waals surface area contributed by atoms with Crippen LogP contribution in [-0.4, -0.2) is 46.2 Å². The second kappa shape index (κ2) is 6.40. The number of nitrogens with one attached hydrogen (secondary N) is 2. The first-order chi connectivity index (χ1) is 10.3. The van der Waals surface area contributed by atoms with Gasteiger partial charge in [0.2, 0.25) is 0 Å². The molecule has 0 spiro atoms. The highest BCUT2D eigenvalue weighted by molar-refractivity contribution is 7.13. The molecule has 2 fully saturated rings. The number of carbonyl (C=O) groups is 1. The molecule has 2 aromatic rings. The summed E-state index contributed by atoms with van der Waals surface area (Å²) in [4.78, 5) is 16.0. The molecule has 2 aliphatic rings. The van der Waals surface area contributed by atoms with Crippen molar-refractivity contribution in [2.45, 2.75) is 31.3 Å². The Balaban J connectivity index is 0.00000144. The zero-order chi connectivity index (χ0) is 14.2. The first-order valence-electron chi connectivity index (χ1n) is 7.45. The minimum Gasteiger partial charge on any atom is -0.330 e. The first-order valence-corrected chi connectivity index (χ1v) is 8.33. The molecule has 4 heterocycles. The predicted molar refractivity (Wildman–Crippen MR) is 89.6 cm³/mol. The number of hydrogen-bond acceptors (Lipinski definition) is 4. The lowest BCUT2D eigenvalue weighted by molar-refractivity contribution is 0.0674. The minimum absolute atomic E-state index is 0. The molecule has 4 rings (SSSR count). The summed E-state index contributed by atoms with van der Waals surface area (Å²) < 4.78 is 0. The van der Waals surface area contributed by atoms with E-state index in [9.17, 15) is 4.79 Å². The Hall–Kier alpha value is -1.37. The lowest BCUT2D eigenvalue weighted by Gasteiger charge is -2.26. The maximum Gasteiger partial charge on any atom is 0.274 e. The predicted octanol–water partition coefficient (Wildman–Crippen LogP) is 2.53. The van der Waals surface area contributed by atoms with Crippen molar-refractivity contribution in [3.05, 3.63) is 29.3 Å². The van der Waals surface area contributed by atoms with Crippen LogP contribution in [0.3, 0.4) is 0 Å². The average Bonchev–Trinajstić information content (AvgIpc) is 3.15. The van der Waals surface area contributed by atoms with E-state index in [0.29, 0.717) is 17.8 Å². The molecule has 2 aromatic heterocycles. The van der Waals surface area contributed by atoms with Crippen LogP contribution < -0.4 is 5.32 Å². The van der Waals surface area contributed by atoms with Crippen molar-refractivity contribution in [1.82, 2.24) is 20.4 Å². The van der Waals surface area contributed by atoms with E-state index in [4.69, 9.17) is 0 Å². The number of aromatic amines is 1. The molecule has 7 heteroatoms. The summed E-state index contributed by atoms with van der Waals surface area (Å²) in [5.74, 6) is 0.0743. The van der Waals surface area contributed by atoms with Crippen LogP contribution in [0.1, 0.15) is 29.8 Å². The number of amides is 1. The lowest BCUT2D eigenvalue weighted by atomic mass is 10.1. The van der Waals surface area contributed by atoms with Gasteiger partial charge in [0, 0.05) is 18.6 Å². The number of aromatic nitrogens is 2. The molecule has 118 valence electrons. The van der Waals surface area contributed by atoms with Crippen LogP contribution in [0.5, 0.6) is 0 Å². The number of fused-ring (bicyclic) bond motifs is 2. The Morgan fingerprint density at radius 2 is 2.18 bits per heavy atom. The van der Waals surface area contributed by atoms with Crippen molar-refractivity contribution < 1.29 is 4.79 Å². The molecule has 0 aliphatic carbocycles. The van der Waals surface area contributed by atoms with E-state index in [1.54, 1.807) is 11.3 Å². The van der Waals surface area contributed by atoms with Gasteiger partial charge in [-0.15, -0.1) is 23.7 Å². The summed E-state index contributed by atoms with van der Waals surface area (Å²) in [6.07, 6.45) is 3.27. The van der Waals surface area contributed by atoms with Gasteiger partial charge in [0.1, 0.15) is 0 Å². The van der Waals surface area contributed by atoms with Gasteiger partial charge in [-0.05, 0) is 43.3 Å². The van der Waals surface area contributed by atoms with Crippen LogP contribution in [0.2, 0.25) is 0 Å². The molecule has 2 N–H and O–H groups in total. The third-order valence-electron chi connectivity index (χ3n) is 4.47. The largest absolute Gasteiger partial charge is 0.330 e. The van der Waals surface area contributed by atoms with Gasteiger partial charge in [0.05, 0.1) is 10.6 Å². The minimum atomic E-state index is 0. The van der Waals surface area contributed by atoms with E-state index in [1.807, 2.05) is 23.6 Å². The van der Waals surface area contributed by atoms with Crippen LogP contribution in [0, 0.1) is 0 Å². The fourth-order valence-corrected chi connectivity index (χ4v) is 4.13. The third-order valence-corrected chi connectivity index (χ3v) is 5.38. The monoisotopic (exact) mass is 338 g/mol. The number of carbonyl (C=O) groups excluding carboxylic acids is 1. The Morgan fingerprint density at radius 1 is 1.32 bits per heavy atom. The Kier molecular flexibility index (Phi) is 4.52. The SMILES string of the molecule is Cl.O=C(c1cc(-c2cccs2)[nH]n1)N1C2CCNCC1CC2. The van der Waals surface area contributed by atoms with Crippen molar-refractivity contribution in [2.75, 3.05) is 13.1 Å². The van der Waals surface area contributed by atoms with Crippen LogP contribution >= 0.6 is 23.7 Å². The van der Waals surface area contributed by atoms with E-state index >= 15 is 0 Å². The van der Waals surface area contributed by atoms with E-state index in [0.717, 1.165) is 42.9 Å². The molecule has 2 unspecified atom stereocenters. The second-order valence-electron chi connectivity index (χ2n) is 5.73. The quantitative estimate of drug-likeness (QED) is 0.884. The van der Waals surface area contributed by atoms with Crippen LogP contribution in [0.15, 0.2) is 23.6 Å². The van der Waals surface area contributed by atoms with Crippen molar-refractivity contribution in [3.63, 3.8) is 0 Å². The van der Waals surface area contributed by atoms with Gasteiger partial charge in [-0.1, -0.05) is 6.07 Å². The van der Waals surface area contributed by atoms with Crippen LogP contribution in [0.25, 0.3) is 10.6 Å². The Bertz CT molecular complexity index is 628. The standard InChI is InChI=1S/C15H18N4OS.ClH/c20-15(19-10-3-4-11(19)9-16-6-5-10)13-8-12(17-18-13)14-2-1-7-21-14;/h1-2,7-8,10-11,16H,3-6,9H2,(H,17,18);1H. The number of H-pyrrole nitrogens is 1. The lowest BCUT2D eigenvalue weighted by Crippen LogP contribution is -2.42. The van der Waals surface area contributed by atoms with Gasteiger partial charge < -0.3 is 10.2 Å². The van der Waals surface area contributed by atoms with Gasteiger partial charge in [0.15, 0.2) is 5.69 Å². The summed E-state index contributed by atoms with van der Waals surface area (Å²) >= 11 is 1.65. The smallest absolute Gasteiger partial charge is 0.274 e. The molecular weight excluding hydrogens is 320 g/mol. The molecule has 5 nitrogen and oxygen atoms in total. The van der Waals surface area contributed by atoms with Crippen molar-refractivity contribution >= 4 is 29.7 Å². The third kappa shape index (κ3) is 2.66. The first kappa shape index (κ1) is 15.5. The number of halogens is 1. The zero-order valence-electron chi connectivity index (χ0n) is 12.1. The molecule has 2 aliphatic heterocycles. The topological polar surface area (TPSA) is 61.0 Å². The number of thiophene rings is 1. The molecule has 2 atom stereocenters. The van der Waals surface area contributed by atoms with Crippen molar-refractivity contribution in [3.8, 4) is 10.6 Å². The molecule has 22 heavy (non-hydrogen) atoms. The molecule has 0 radical (unpaired) electrons. The van der Waals surface area contributed by atoms with E-state index in [-0.39, 0.29) is 18.3 Å². The molecule has 0 saturated carbocycles.